The molecular weight excluding hydrogens is 398 g/mol. The van der Waals surface area contributed by atoms with Crippen LogP contribution in [-0.2, 0) is 10.0 Å². The van der Waals surface area contributed by atoms with Gasteiger partial charge in [-0.05, 0) is 55.7 Å². The Morgan fingerprint density at radius 1 is 1.03 bits per heavy atom. The second-order valence-electron chi connectivity index (χ2n) is 7.25. The molecule has 0 radical (unpaired) electrons. The van der Waals surface area contributed by atoms with Crippen LogP contribution in [0.2, 0.25) is 0 Å². The number of rotatable bonds is 5. The number of nitrogens with zero attached hydrogens (tertiary/aromatic N) is 2. The number of sulfonamides is 1. The van der Waals surface area contributed by atoms with E-state index in [0.29, 0.717) is 13.1 Å². The maximum Gasteiger partial charge on any atom is 0.254 e. The van der Waals surface area contributed by atoms with Gasteiger partial charge in [0.15, 0.2) is 0 Å². The van der Waals surface area contributed by atoms with Crippen LogP contribution in [-0.4, -0.2) is 43.7 Å². The summed E-state index contributed by atoms with van der Waals surface area (Å²) in [6.45, 7) is 2.48. The molecular formula is C21H24F2N2O3S. The smallest absolute Gasteiger partial charge is 0.254 e. The van der Waals surface area contributed by atoms with Crippen molar-refractivity contribution in [3.63, 3.8) is 0 Å². The van der Waals surface area contributed by atoms with Crippen LogP contribution in [0.1, 0.15) is 48.1 Å². The molecule has 0 unspecified atom stereocenters. The Morgan fingerprint density at radius 3 is 2.28 bits per heavy atom. The number of carbonyl (C=O) groups excluding carboxylic acids is 1. The summed E-state index contributed by atoms with van der Waals surface area (Å²) in [5.41, 5.74) is 0.809. The van der Waals surface area contributed by atoms with Gasteiger partial charge in [0.1, 0.15) is 16.5 Å². The molecule has 8 heteroatoms. The molecule has 1 heterocycles. The summed E-state index contributed by atoms with van der Waals surface area (Å²) in [6.07, 6.45) is 2.41. The van der Waals surface area contributed by atoms with Crippen LogP contribution < -0.4 is 0 Å². The molecule has 0 aliphatic carbocycles. The van der Waals surface area contributed by atoms with E-state index in [4.69, 9.17) is 0 Å². The molecule has 1 aliphatic heterocycles. The first-order chi connectivity index (χ1) is 13.7. The Labute approximate surface area is 170 Å². The van der Waals surface area contributed by atoms with Crippen LogP contribution >= 0.6 is 0 Å². The van der Waals surface area contributed by atoms with E-state index in [9.17, 15) is 22.0 Å². The van der Waals surface area contributed by atoms with Gasteiger partial charge in [-0.25, -0.2) is 17.2 Å². The summed E-state index contributed by atoms with van der Waals surface area (Å²) in [7, 11) is -2.44. The lowest BCUT2D eigenvalue weighted by Crippen LogP contribution is -2.36. The second kappa shape index (κ2) is 8.59. The van der Waals surface area contributed by atoms with Gasteiger partial charge in [0, 0.05) is 25.7 Å². The molecule has 2 aromatic carbocycles. The monoisotopic (exact) mass is 422 g/mol. The van der Waals surface area contributed by atoms with E-state index in [0.717, 1.165) is 37.0 Å². The van der Waals surface area contributed by atoms with Gasteiger partial charge in [-0.3, -0.25) is 4.79 Å². The van der Waals surface area contributed by atoms with Crippen LogP contribution in [0, 0.1) is 11.6 Å². The van der Waals surface area contributed by atoms with Crippen molar-refractivity contribution in [3.8, 4) is 0 Å². The molecule has 156 valence electrons. The quantitative estimate of drug-likeness (QED) is 0.733. The van der Waals surface area contributed by atoms with Crippen LogP contribution in [0.4, 0.5) is 8.78 Å². The van der Waals surface area contributed by atoms with E-state index in [-0.39, 0.29) is 17.4 Å². The molecule has 0 spiro atoms. The van der Waals surface area contributed by atoms with E-state index in [1.165, 1.54) is 27.4 Å². The number of amides is 1. The zero-order valence-corrected chi connectivity index (χ0v) is 17.3. The highest BCUT2D eigenvalue weighted by Gasteiger charge is 2.30. The van der Waals surface area contributed by atoms with E-state index < -0.39 is 26.6 Å². The number of piperidine rings is 1. The van der Waals surface area contributed by atoms with Crippen LogP contribution in [0.5, 0.6) is 0 Å². The van der Waals surface area contributed by atoms with Crippen molar-refractivity contribution in [1.29, 1.82) is 0 Å². The van der Waals surface area contributed by atoms with Crippen molar-refractivity contribution in [2.45, 2.75) is 37.1 Å². The maximum atomic E-state index is 14.4. The van der Waals surface area contributed by atoms with Crippen molar-refractivity contribution >= 4 is 15.9 Å². The topological polar surface area (TPSA) is 57.7 Å². The molecule has 5 nitrogen and oxygen atoms in total. The van der Waals surface area contributed by atoms with Crippen LogP contribution in [0.25, 0.3) is 0 Å². The fraction of sp³-hybridized carbons (Fsp3) is 0.381. The fourth-order valence-electron chi connectivity index (χ4n) is 3.42. The van der Waals surface area contributed by atoms with Crippen molar-refractivity contribution in [1.82, 2.24) is 9.21 Å². The fourth-order valence-corrected chi connectivity index (χ4v) is 5.03. The number of hydrogen-bond acceptors (Lipinski definition) is 3. The molecule has 2 aromatic rings. The Balaban J connectivity index is 1.88. The van der Waals surface area contributed by atoms with Gasteiger partial charge in [0.2, 0.25) is 10.0 Å². The summed E-state index contributed by atoms with van der Waals surface area (Å²) in [6, 6.07) is 8.81. The first-order valence-electron chi connectivity index (χ1n) is 9.54. The summed E-state index contributed by atoms with van der Waals surface area (Å²) >= 11 is 0. The molecule has 1 amide bonds. The lowest BCUT2D eigenvalue weighted by atomic mass is 10.1. The summed E-state index contributed by atoms with van der Waals surface area (Å²) < 4.78 is 54.5. The molecule has 0 bridgehead atoms. The Hall–Kier alpha value is -2.32. The lowest BCUT2D eigenvalue weighted by molar-refractivity contribution is 0.0742. The highest BCUT2D eigenvalue weighted by atomic mass is 32.2. The van der Waals surface area contributed by atoms with Gasteiger partial charge in [-0.2, -0.15) is 4.31 Å². The molecule has 0 saturated carbocycles. The highest BCUT2D eigenvalue weighted by Crippen LogP contribution is 2.26. The Kier molecular flexibility index (Phi) is 6.33. The number of hydrogen-bond donors (Lipinski definition) is 0. The minimum absolute atomic E-state index is 0.0819. The summed E-state index contributed by atoms with van der Waals surface area (Å²) in [4.78, 5) is 13.8. The maximum absolute atomic E-state index is 14.4. The number of benzene rings is 2. The normalized spacial score (nSPS) is 16.4. The standard InChI is InChI=1S/C21H24F2N2O3S/c1-15(16-6-9-18(22)10-7-16)24(2)21(26)17-8-11-19(23)20(14-17)29(27,28)25-12-4-3-5-13-25/h6-11,14-15H,3-5,12-13H2,1-2H3/t15-/m0/s1. The average Bonchev–Trinajstić information content (AvgIpc) is 2.73. The van der Waals surface area contributed by atoms with E-state index in [1.54, 1.807) is 26.1 Å². The van der Waals surface area contributed by atoms with Gasteiger partial charge in [-0.15, -0.1) is 0 Å². The number of carbonyl (C=O) groups is 1. The first kappa shape index (κ1) is 21.4. The molecule has 1 saturated heterocycles. The molecule has 1 atom stereocenters. The molecule has 0 N–H and O–H groups in total. The van der Waals surface area contributed by atoms with E-state index >= 15 is 0 Å². The minimum Gasteiger partial charge on any atom is -0.335 e. The largest absolute Gasteiger partial charge is 0.335 e. The molecule has 29 heavy (non-hydrogen) atoms. The van der Waals surface area contributed by atoms with E-state index in [1.807, 2.05) is 0 Å². The summed E-state index contributed by atoms with van der Waals surface area (Å²) in [5, 5.41) is 0. The van der Waals surface area contributed by atoms with Crippen molar-refractivity contribution in [2.75, 3.05) is 20.1 Å². The molecule has 3 rings (SSSR count). The van der Waals surface area contributed by atoms with E-state index in [2.05, 4.69) is 0 Å². The predicted molar refractivity (Wildman–Crippen MR) is 106 cm³/mol. The van der Waals surface area contributed by atoms with Crippen LogP contribution in [0.15, 0.2) is 47.4 Å². The minimum atomic E-state index is -4.01. The zero-order chi connectivity index (χ0) is 21.2. The van der Waals surface area contributed by atoms with Gasteiger partial charge in [-0.1, -0.05) is 18.6 Å². The third-order valence-electron chi connectivity index (χ3n) is 5.36. The van der Waals surface area contributed by atoms with Gasteiger partial charge in [0.05, 0.1) is 6.04 Å². The van der Waals surface area contributed by atoms with Gasteiger partial charge in [0.25, 0.3) is 5.91 Å². The Morgan fingerprint density at radius 2 is 1.66 bits per heavy atom. The van der Waals surface area contributed by atoms with Gasteiger partial charge >= 0.3 is 0 Å². The summed E-state index contributed by atoms with van der Waals surface area (Å²) in [5.74, 6) is -1.70. The second-order valence-corrected chi connectivity index (χ2v) is 9.16. The zero-order valence-electron chi connectivity index (χ0n) is 16.4. The number of halogens is 2. The van der Waals surface area contributed by atoms with Gasteiger partial charge < -0.3 is 4.90 Å². The van der Waals surface area contributed by atoms with Crippen LogP contribution in [0.3, 0.4) is 0 Å². The first-order valence-corrected chi connectivity index (χ1v) is 11.0. The predicted octanol–water partition coefficient (Wildman–Crippen LogP) is 3.97. The average molecular weight is 422 g/mol. The van der Waals surface area contributed by atoms with Crippen molar-refractivity contribution < 1.29 is 22.0 Å². The highest BCUT2D eigenvalue weighted by molar-refractivity contribution is 7.89. The SMILES string of the molecule is C[C@@H](c1ccc(F)cc1)N(C)C(=O)c1ccc(F)c(S(=O)(=O)N2CCCCC2)c1. The molecule has 1 aliphatic rings. The van der Waals surface area contributed by atoms with Crippen molar-refractivity contribution in [2.24, 2.45) is 0 Å². The third-order valence-corrected chi connectivity index (χ3v) is 7.28. The van der Waals surface area contributed by atoms with Crippen molar-refractivity contribution in [3.05, 3.63) is 65.2 Å². The third kappa shape index (κ3) is 4.48. The molecule has 1 fully saturated rings. The lowest BCUT2D eigenvalue weighted by Gasteiger charge is -2.27. The Bertz CT molecular complexity index is 987. The molecule has 0 aromatic heterocycles.